The van der Waals surface area contributed by atoms with Gasteiger partial charge in [0.2, 0.25) is 7.28 Å². The lowest BCUT2D eigenvalue weighted by Crippen LogP contribution is -2.26. The van der Waals surface area contributed by atoms with Crippen LogP contribution < -0.4 is 5.32 Å². The van der Waals surface area contributed by atoms with Gasteiger partial charge in [-0.2, -0.15) is 5.82 Å². The lowest BCUT2D eigenvalue weighted by molar-refractivity contribution is 0.0941. The number of nitrogens with one attached hydrogen (secondary N) is 1. The van der Waals surface area contributed by atoms with Crippen LogP contribution in [-0.2, 0) is 9.47 Å². The molecule has 0 aromatic rings. The second-order valence-corrected chi connectivity index (χ2v) is 10.1. The highest BCUT2D eigenvalue weighted by atomic mass is 33.1. The maximum atomic E-state index is 11.4. The lowest BCUT2D eigenvalue weighted by Gasteiger charge is -2.24. The van der Waals surface area contributed by atoms with E-state index in [1.165, 1.54) is 12.8 Å². The molecule has 4 nitrogen and oxygen atoms in total. The molecule has 1 radical (unpaired) electrons. The van der Waals surface area contributed by atoms with Crippen molar-refractivity contribution in [3.05, 3.63) is 0 Å². The van der Waals surface area contributed by atoms with Crippen LogP contribution in [0.3, 0.4) is 0 Å². The van der Waals surface area contributed by atoms with Gasteiger partial charge >= 0.3 is 6.09 Å². The van der Waals surface area contributed by atoms with Crippen LogP contribution in [0.2, 0.25) is 5.82 Å². The lowest BCUT2D eigenvalue weighted by atomic mass is 9.67. The van der Waals surface area contributed by atoms with Crippen LogP contribution in [0.15, 0.2) is 0 Å². The Hall–Kier alpha value is -0.445. The molecule has 0 aromatic carbocycles. The predicted octanol–water partition coefficient (Wildman–Crippen LogP) is 4.78. The van der Waals surface area contributed by atoms with Gasteiger partial charge in [0.25, 0.3) is 0 Å². The first-order chi connectivity index (χ1) is 11.7. The Kier molecular flexibility index (Phi) is 14.4. The van der Waals surface area contributed by atoms with Crippen molar-refractivity contribution in [1.29, 1.82) is 0 Å². The Balaban J connectivity index is 3.53. The molecule has 1 N–H and O–H groups in total. The Morgan fingerprint density at radius 1 is 1.24 bits per heavy atom. The van der Waals surface area contributed by atoms with E-state index in [0.717, 1.165) is 5.92 Å². The van der Waals surface area contributed by atoms with Crippen molar-refractivity contribution in [1.82, 2.24) is 5.32 Å². The Morgan fingerprint density at radius 3 is 2.60 bits per heavy atom. The van der Waals surface area contributed by atoms with Gasteiger partial charge < -0.3 is 14.8 Å². The number of alkyl carbamates (subject to hydrolysis) is 1. The maximum absolute atomic E-state index is 11.4. The monoisotopic (exact) mass is 386 g/mol. The molecule has 7 heteroatoms. The second kappa shape index (κ2) is 14.7. The molecule has 0 fully saturated rings. The third kappa shape index (κ3) is 18.2. The van der Waals surface area contributed by atoms with E-state index < -0.39 is 6.09 Å². The fourth-order valence-electron chi connectivity index (χ4n) is 1.59. The topological polar surface area (TPSA) is 47.6 Å². The van der Waals surface area contributed by atoms with Gasteiger partial charge in [0, 0.05) is 4.75 Å². The maximum Gasteiger partial charge on any atom is 0.407 e. The standard InChI is InChI=1S/C18H33BNO3S2/c1-15(2)8-9-18(5,6)25-24-14-22-12-13-23-17(21)20-11-7-10-19-16(3)4/h15-16H,8-9,11-14H2,1-6H3,(H,20,21). The molecule has 0 saturated heterocycles. The second-order valence-electron chi connectivity index (χ2n) is 7.14. The number of hydrogen-bond donors (Lipinski definition) is 1. The molecule has 0 heterocycles. The molecule has 0 atom stereocenters. The smallest absolute Gasteiger partial charge is 0.407 e. The zero-order valence-electron chi connectivity index (χ0n) is 16.5. The predicted molar refractivity (Wildman–Crippen MR) is 112 cm³/mol. The Labute approximate surface area is 163 Å². The minimum absolute atomic E-state index is 0.249. The van der Waals surface area contributed by atoms with Crippen molar-refractivity contribution in [3.63, 3.8) is 0 Å². The normalized spacial score (nSPS) is 11.2. The average molecular weight is 386 g/mol. The van der Waals surface area contributed by atoms with E-state index in [2.05, 4.69) is 58.6 Å². The number of carbonyl (C=O) groups excluding carboxylic acids is 1. The molecular weight excluding hydrogens is 353 g/mol. The van der Waals surface area contributed by atoms with Crippen LogP contribution in [-0.4, -0.2) is 43.8 Å². The van der Waals surface area contributed by atoms with Gasteiger partial charge in [0.05, 0.1) is 13.2 Å². The van der Waals surface area contributed by atoms with E-state index in [4.69, 9.17) is 9.47 Å². The molecule has 0 unspecified atom stereocenters. The first-order valence-electron chi connectivity index (χ1n) is 8.83. The van der Waals surface area contributed by atoms with Gasteiger partial charge in [-0.1, -0.05) is 61.0 Å². The van der Waals surface area contributed by atoms with Crippen molar-refractivity contribution in [3.8, 4) is 11.7 Å². The summed E-state index contributed by atoms with van der Waals surface area (Å²) >= 11 is 0. The van der Waals surface area contributed by atoms with Crippen molar-refractivity contribution in [2.45, 2.75) is 64.9 Å². The minimum atomic E-state index is -0.459. The summed E-state index contributed by atoms with van der Waals surface area (Å²) in [5.41, 5.74) is 0. The zero-order chi connectivity index (χ0) is 19.1. The highest BCUT2D eigenvalue weighted by Gasteiger charge is 2.19. The van der Waals surface area contributed by atoms with Crippen LogP contribution in [0.25, 0.3) is 0 Å². The minimum Gasteiger partial charge on any atom is -0.447 e. The highest BCUT2D eigenvalue weighted by Crippen LogP contribution is 2.39. The largest absolute Gasteiger partial charge is 0.447 e. The van der Waals surface area contributed by atoms with Gasteiger partial charge in [-0.15, -0.1) is 0 Å². The van der Waals surface area contributed by atoms with Crippen molar-refractivity contribution >= 4 is 35.0 Å². The van der Waals surface area contributed by atoms with Gasteiger partial charge in [-0.05, 0) is 32.6 Å². The molecule has 0 aliphatic rings. The van der Waals surface area contributed by atoms with Gasteiger partial charge in [-0.25, -0.2) is 4.79 Å². The fraction of sp³-hybridized carbons (Fsp3) is 0.833. The summed E-state index contributed by atoms with van der Waals surface area (Å²) in [7, 11) is 5.45. The number of amides is 1. The van der Waals surface area contributed by atoms with Crippen LogP contribution in [0.1, 0.15) is 54.4 Å². The van der Waals surface area contributed by atoms with Crippen molar-refractivity contribution < 1.29 is 14.3 Å². The summed E-state index contributed by atoms with van der Waals surface area (Å²) in [5, 5.41) is 2.58. The fourth-order valence-corrected chi connectivity index (χ4v) is 3.90. The van der Waals surface area contributed by atoms with Crippen molar-refractivity contribution in [2.24, 2.45) is 5.92 Å². The van der Waals surface area contributed by atoms with E-state index in [0.29, 0.717) is 24.9 Å². The Morgan fingerprint density at radius 2 is 1.96 bits per heavy atom. The molecule has 1 amide bonds. The SMILES string of the molecule is CC(C)[B]C#CCNC(=O)OCCOCSSC(C)(C)CCC(C)C. The van der Waals surface area contributed by atoms with E-state index in [1.54, 1.807) is 10.8 Å². The van der Waals surface area contributed by atoms with E-state index in [-0.39, 0.29) is 11.4 Å². The molecule has 0 rings (SSSR count). The highest BCUT2D eigenvalue weighted by molar-refractivity contribution is 8.77. The first-order valence-corrected chi connectivity index (χ1v) is 11.2. The molecule has 0 aliphatic carbocycles. The number of ether oxygens (including phenoxy) is 2. The van der Waals surface area contributed by atoms with E-state index in [9.17, 15) is 4.79 Å². The van der Waals surface area contributed by atoms with Gasteiger partial charge in [0.1, 0.15) is 12.5 Å². The summed E-state index contributed by atoms with van der Waals surface area (Å²) < 4.78 is 10.7. The number of rotatable bonds is 12. The van der Waals surface area contributed by atoms with Crippen LogP contribution in [0.4, 0.5) is 4.79 Å². The zero-order valence-corrected chi connectivity index (χ0v) is 18.1. The third-order valence-corrected chi connectivity index (χ3v) is 6.07. The van der Waals surface area contributed by atoms with Gasteiger partial charge in [-0.3, -0.25) is 0 Å². The molecule has 0 bridgehead atoms. The van der Waals surface area contributed by atoms with Crippen molar-refractivity contribution in [2.75, 3.05) is 25.7 Å². The number of hydrogen-bond acceptors (Lipinski definition) is 5. The molecule has 0 aliphatic heterocycles. The molecule has 0 saturated carbocycles. The van der Waals surface area contributed by atoms with E-state index >= 15 is 0 Å². The number of carbonyl (C=O) groups is 1. The molecule has 143 valence electrons. The molecule has 0 aromatic heterocycles. The summed E-state index contributed by atoms with van der Waals surface area (Å²) in [5.74, 6) is 7.48. The molecule has 25 heavy (non-hydrogen) atoms. The quantitative estimate of drug-likeness (QED) is 0.172. The molecular formula is C18H33BNO3S2. The van der Waals surface area contributed by atoms with Crippen LogP contribution in [0.5, 0.6) is 0 Å². The summed E-state index contributed by atoms with van der Waals surface area (Å²) in [6.45, 7) is 14.1. The van der Waals surface area contributed by atoms with E-state index in [1.807, 2.05) is 18.1 Å². The summed E-state index contributed by atoms with van der Waals surface area (Å²) in [6, 6.07) is 0. The van der Waals surface area contributed by atoms with Crippen LogP contribution in [0, 0.1) is 17.7 Å². The Bertz CT molecular complexity index is 420. The summed E-state index contributed by atoms with van der Waals surface area (Å²) in [4.78, 5) is 11.4. The average Bonchev–Trinajstić information content (AvgIpc) is 2.51. The third-order valence-electron chi connectivity index (χ3n) is 3.04. The van der Waals surface area contributed by atoms with Gasteiger partial charge in [0.15, 0.2) is 0 Å². The first kappa shape index (κ1) is 24.6. The van der Waals surface area contributed by atoms with Crippen LogP contribution >= 0.6 is 21.6 Å². The molecule has 0 spiro atoms. The summed E-state index contributed by atoms with van der Waals surface area (Å²) in [6.07, 6.45) is 1.98.